The maximum atomic E-state index is 10.6. The second-order valence-electron chi connectivity index (χ2n) is 2.58. The van der Waals surface area contributed by atoms with Crippen LogP contribution in [0.1, 0.15) is 18.6 Å². The van der Waals surface area contributed by atoms with Gasteiger partial charge in [-0.05, 0) is 5.56 Å². The largest absolute Gasteiger partial charge is 0.450 e. The molecule has 0 aliphatic carbocycles. The Balaban J connectivity index is 2.78. The van der Waals surface area contributed by atoms with Crippen molar-refractivity contribution in [1.29, 1.82) is 0 Å². The molecule has 0 amide bonds. The number of hydrogen-bond donors (Lipinski definition) is 0. The molecule has 0 N–H and O–H groups in total. The lowest BCUT2D eigenvalue weighted by atomic mass is 10.1. The lowest BCUT2D eigenvalue weighted by molar-refractivity contribution is -0.149. The molecule has 1 aromatic rings. The second-order valence-corrected chi connectivity index (χ2v) is 2.58. The van der Waals surface area contributed by atoms with E-state index in [1.165, 1.54) is 6.92 Å². The van der Waals surface area contributed by atoms with Gasteiger partial charge in [-0.15, -0.1) is 0 Å². The molecule has 0 heterocycles. The van der Waals surface area contributed by atoms with Crippen molar-refractivity contribution in [2.24, 2.45) is 0 Å². The van der Waals surface area contributed by atoms with Crippen molar-refractivity contribution in [3.63, 3.8) is 0 Å². The van der Waals surface area contributed by atoms with E-state index in [0.717, 1.165) is 0 Å². The van der Waals surface area contributed by atoms with Gasteiger partial charge in [0.1, 0.15) is 0 Å². The SMILES string of the molecule is CC(=O)O[C@H](C=O)c1ccccc1. The molecule has 0 aliphatic rings. The van der Waals surface area contributed by atoms with Crippen molar-refractivity contribution in [2.45, 2.75) is 13.0 Å². The maximum Gasteiger partial charge on any atom is 0.303 e. The summed E-state index contributed by atoms with van der Waals surface area (Å²) in [5.74, 6) is -0.457. The highest BCUT2D eigenvalue weighted by Crippen LogP contribution is 2.14. The van der Waals surface area contributed by atoms with Gasteiger partial charge in [0.25, 0.3) is 0 Å². The van der Waals surface area contributed by atoms with Crippen molar-refractivity contribution < 1.29 is 14.3 Å². The van der Waals surface area contributed by atoms with Gasteiger partial charge < -0.3 is 4.74 Å². The first-order chi connectivity index (χ1) is 6.24. The molecule has 0 aromatic heterocycles. The van der Waals surface area contributed by atoms with Crippen LogP contribution in [0.2, 0.25) is 0 Å². The summed E-state index contributed by atoms with van der Waals surface area (Å²) in [5, 5.41) is 0. The molecule has 0 saturated carbocycles. The van der Waals surface area contributed by atoms with E-state index in [1.807, 2.05) is 6.07 Å². The average Bonchev–Trinajstić information content (AvgIpc) is 2.15. The summed E-state index contributed by atoms with van der Waals surface area (Å²) in [6.45, 7) is 1.28. The van der Waals surface area contributed by atoms with Gasteiger partial charge in [0, 0.05) is 6.92 Å². The van der Waals surface area contributed by atoms with E-state index in [9.17, 15) is 9.59 Å². The summed E-state index contributed by atoms with van der Waals surface area (Å²) in [7, 11) is 0. The van der Waals surface area contributed by atoms with Crippen molar-refractivity contribution in [1.82, 2.24) is 0 Å². The predicted molar refractivity (Wildman–Crippen MR) is 47.0 cm³/mol. The molecule has 3 nitrogen and oxygen atoms in total. The Morgan fingerprint density at radius 1 is 1.38 bits per heavy atom. The zero-order chi connectivity index (χ0) is 9.68. The van der Waals surface area contributed by atoms with Gasteiger partial charge in [0.05, 0.1) is 0 Å². The molecule has 0 aliphatic heterocycles. The Kier molecular flexibility index (Phi) is 3.20. The second kappa shape index (κ2) is 4.40. The van der Waals surface area contributed by atoms with Crippen LogP contribution in [0.4, 0.5) is 0 Å². The molecule has 68 valence electrons. The van der Waals surface area contributed by atoms with E-state index < -0.39 is 12.1 Å². The Hall–Kier alpha value is -1.64. The third kappa shape index (κ3) is 2.71. The summed E-state index contributed by atoms with van der Waals surface area (Å²) in [4.78, 5) is 21.2. The van der Waals surface area contributed by atoms with Crippen LogP contribution < -0.4 is 0 Å². The number of ether oxygens (including phenoxy) is 1. The number of esters is 1. The minimum absolute atomic E-state index is 0.457. The van der Waals surface area contributed by atoms with Crippen LogP contribution >= 0.6 is 0 Å². The third-order valence-corrected chi connectivity index (χ3v) is 1.54. The highest BCUT2D eigenvalue weighted by Gasteiger charge is 2.11. The standard InChI is InChI=1S/C10H10O3/c1-8(12)13-10(7-11)9-5-3-2-4-6-9/h2-7,10H,1H3/t10-/m1/s1. The number of carbonyl (C=O) groups excluding carboxylic acids is 2. The van der Waals surface area contributed by atoms with Gasteiger partial charge in [-0.25, -0.2) is 0 Å². The Morgan fingerprint density at radius 2 is 2.00 bits per heavy atom. The van der Waals surface area contributed by atoms with E-state index in [1.54, 1.807) is 24.3 Å². The van der Waals surface area contributed by atoms with E-state index in [0.29, 0.717) is 11.8 Å². The van der Waals surface area contributed by atoms with Crippen LogP contribution in [0.5, 0.6) is 0 Å². The zero-order valence-corrected chi connectivity index (χ0v) is 7.27. The van der Waals surface area contributed by atoms with Crippen LogP contribution in [-0.4, -0.2) is 12.3 Å². The molecule has 0 unspecified atom stereocenters. The molecule has 13 heavy (non-hydrogen) atoms. The number of benzene rings is 1. The van der Waals surface area contributed by atoms with E-state index >= 15 is 0 Å². The lowest BCUT2D eigenvalue weighted by Gasteiger charge is -2.09. The maximum absolute atomic E-state index is 10.6. The zero-order valence-electron chi connectivity index (χ0n) is 7.27. The average molecular weight is 178 g/mol. The Bertz CT molecular complexity index is 292. The van der Waals surface area contributed by atoms with Crippen molar-refractivity contribution in [2.75, 3.05) is 0 Å². The van der Waals surface area contributed by atoms with Gasteiger partial charge >= 0.3 is 5.97 Å². The number of aldehydes is 1. The van der Waals surface area contributed by atoms with Gasteiger partial charge in [0.2, 0.25) is 0 Å². The van der Waals surface area contributed by atoms with Gasteiger partial charge in [0.15, 0.2) is 12.4 Å². The normalized spacial score (nSPS) is 11.8. The molecular formula is C10H10O3. The van der Waals surface area contributed by atoms with Gasteiger partial charge in [-0.3, -0.25) is 9.59 Å². The molecule has 0 bridgehead atoms. The van der Waals surface area contributed by atoms with E-state index in [2.05, 4.69) is 0 Å². The fourth-order valence-electron chi connectivity index (χ4n) is 0.996. The molecule has 0 fully saturated rings. The number of carbonyl (C=O) groups is 2. The van der Waals surface area contributed by atoms with Crippen LogP contribution in [0.25, 0.3) is 0 Å². The molecule has 1 rings (SSSR count). The molecule has 0 saturated heterocycles. The summed E-state index contributed by atoms with van der Waals surface area (Å²) in [6, 6.07) is 8.88. The van der Waals surface area contributed by atoms with E-state index in [-0.39, 0.29) is 0 Å². The molecule has 0 radical (unpaired) electrons. The van der Waals surface area contributed by atoms with Gasteiger partial charge in [-0.2, -0.15) is 0 Å². The van der Waals surface area contributed by atoms with Crippen LogP contribution in [0.15, 0.2) is 30.3 Å². The summed E-state index contributed by atoms with van der Waals surface area (Å²) >= 11 is 0. The highest BCUT2D eigenvalue weighted by molar-refractivity contribution is 5.71. The fourth-order valence-corrected chi connectivity index (χ4v) is 0.996. The number of rotatable bonds is 3. The van der Waals surface area contributed by atoms with Gasteiger partial charge in [-0.1, -0.05) is 30.3 Å². The van der Waals surface area contributed by atoms with Crippen LogP contribution in [-0.2, 0) is 14.3 Å². The first-order valence-electron chi connectivity index (χ1n) is 3.91. The molecule has 1 aromatic carbocycles. The third-order valence-electron chi connectivity index (χ3n) is 1.54. The van der Waals surface area contributed by atoms with Crippen LogP contribution in [0.3, 0.4) is 0 Å². The smallest absolute Gasteiger partial charge is 0.303 e. The van der Waals surface area contributed by atoms with Crippen molar-refractivity contribution >= 4 is 12.3 Å². The van der Waals surface area contributed by atoms with E-state index in [4.69, 9.17) is 4.74 Å². The first-order valence-corrected chi connectivity index (χ1v) is 3.91. The molecule has 0 spiro atoms. The van der Waals surface area contributed by atoms with Crippen molar-refractivity contribution in [3.8, 4) is 0 Å². The van der Waals surface area contributed by atoms with Crippen LogP contribution in [0, 0.1) is 0 Å². The molecular weight excluding hydrogens is 168 g/mol. The van der Waals surface area contributed by atoms with Crippen molar-refractivity contribution in [3.05, 3.63) is 35.9 Å². The Morgan fingerprint density at radius 3 is 2.46 bits per heavy atom. The monoisotopic (exact) mass is 178 g/mol. The predicted octanol–water partition coefficient (Wildman–Crippen LogP) is 1.49. The quantitative estimate of drug-likeness (QED) is 0.520. The first kappa shape index (κ1) is 9.45. The summed E-state index contributed by atoms with van der Waals surface area (Å²) in [5.41, 5.74) is 0.688. The number of hydrogen-bond acceptors (Lipinski definition) is 3. The topological polar surface area (TPSA) is 43.4 Å². The lowest BCUT2D eigenvalue weighted by Crippen LogP contribution is -2.09. The summed E-state index contributed by atoms with van der Waals surface area (Å²) < 4.78 is 4.78. The summed E-state index contributed by atoms with van der Waals surface area (Å²) in [6.07, 6.45) is -0.171. The Labute approximate surface area is 76.3 Å². The molecule has 1 atom stereocenters. The minimum atomic E-state index is -0.779. The highest BCUT2D eigenvalue weighted by atomic mass is 16.5. The fraction of sp³-hybridized carbons (Fsp3) is 0.200. The minimum Gasteiger partial charge on any atom is -0.450 e. The molecule has 3 heteroatoms.